The maximum absolute atomic E-state index is 8.92. The zero-order valence-corrected chi connectivity index (χ0v) is 22.2. The van der Waals surface area contributed by atoms with Gasteiger partial charge in [0.1, 0.15) is 20.2 Å². The van der Waals surface area contributed by atoms with E-state index < -0.39 is 8.07 Å². The van der Waals surface area contributed by atoms with Crippen molar-refractivity contribution in [2.24, 2.45) is 0 Å². The van der Waals surface area contributed by atoms with Gasteiger partial charge in [-0.2, -0.15) is 4.98 Å². The second-order valence-corrected chi connectivity index (χ2v) is 15.1. The summed E-state index contributed by atoms with van der Waals surface area (Å²) in [6.07, 6.45) is 5.21. The van der Waals surface area contributed by atoms with Gasteiger partial charge in [-0.3, -0.25) is 4.57 Å². The van der Waals surface area contributed by atoms with E-state index in [1.165, 1.54) is 0 Å². The molecule has 0 spiro atoms. The molecule has 182 valence electrons. The zero-order chi connectivity index (χ0) is 24.7. The molecule has 0 aliphatic heterocycles. The molecule has 1 aromatic carbocycles. The Balaban J connectivity index is 2.02. The molecule has 34 heavy (non-hydrogen) atoms. The second-order valence-electron chi connectivity index (χ2n) is 9.48. The average molecular weight is 480 g/mol. The van der Waals surface area contributed by atoms with Crippen LogP contribution in [0.15, 0.2) is 36.9 Å². The van der Waals surface area contributed by atoms with Gasteiger partial charge in [0.2, 0.25) is 5.95 Å². The standard InChI is InChI=1S/C26H37N5O2Si/c1-19(2)34(20(3)4,21(5)6)16-9-22-7-8-24-23(17-22)25(28-11-14-33-15-13-32)30-26(29-24)31-12-10-27-18-31/h7-8,10,12,17-21,32H,11,13-15H2,1-6H3,(H,28,29,30). The molecule has 7 nitrogen and oxygen atoms in total. The van der Waals surface area contributed by atoms with Gasteiger partial charge in [0.05, 0.1) is 25.3 Å². The highest BCUT2D eigenvalue weighted by Gasteiger charge is 2.41. The minimum Gasteiger partial charge on any atom is -0.394 e. The summed E-state index contributed by atoms with van der Waals surface area (Å²) >= 11 is 0. The number of benzene rings is 1. The fraction of sp³-hybridized carbons (Fsp3) is 0.500. The Morgan fingerprint density at radius 1 is 1.06 bits per heavy atom. The number of aromatic nitrogens is 4. The summed E-state index contributed by atoms with van der Waals surface area (Å²) in [5.41, 5.74) is 7.36. The van der Waals surface area contributed by atoms with Gasteiger partial charge in [0.25, 0.3) is 0 Å². The predicted octanol–water partition coefficient (Wildman–Crippen LogP) is 4.81. The number of hydrogen-bond acceptors (Lipinski definition) is 6. The van der Waals surface area contributed by atoms with E-state index in [4.69, 9.17) is 19.8 Å². The summed E-state index contributed by atoms with van der Waals surface area (Å²) in [6.45, 7) is 15.3. The van der Waals surface area contributed by atoms with Gasteiger partial charge in [-0.1, -0.05) is 47.5 Å². The molecular formula is C26H37N5O2Si. The normalized spacial score (nSPS) is 11.9. The van der Waals surface area contributed by atoms with E-state index in [-0.39, 0.29) is 6.61 Å². The first-order valence-electron chi connectivity index (χ1n) is 12.0. The molecule has 0 fully saturated rings. The van der Waals surface area contributed by atoms with Crippen LogP contribution in [0.25, 0.3) is 16.9 Å². The van der Waals surface area contributed by atoms with Crippen LogP contribution in [0.2, 0.25) is 16.6 Å². The summed E-state index contributed by atoms with van der Waals surface area (Å²) < 4.78 is 7.18. The van der Waals surface area contributed by atoms with Crippen molar-refractivity contribution in [2.45, 2.75) is 58.2 Å². The molecular weight excluding hydrogens is 442 g/mol. The van der Waals surface area contributed by atoms with Gasteiger partial charge >= 0.3 is 0 Å². The minimum absolute atomic E-state index is 0.0111. The first-order chi connectivity index (χ1) is 16.3. The van der Waals surface area contributed by atoms with Gasteiger partial charge in [-0.25, -0.2) is 9.97 Å². The van der Waals surface area contributed by atoms with Crippen LogP contribution in [0.5, 0.6) is 0 Å². The molecule has 0 aliphatic rings. The van der Waals surface area contributed by atoms with Crippen molar-refractivity contribution >= 4 is 24.8 Å². The van der Waals surface area contributed by atoms with Gasteiger partial charge in [-0.05, 0) is 34.8 Å². The minimum atomic E-state index is -1.83. The van der Waals surface area contributed by atoms with Crippen LogP contribution in [-0.2, 0) is 4.74 Å². The Labute approximate surface area is 204 Å². The number of aliphatic hydroxyl groups excluding tert-OH is 1. The fourth-order valence-electron chi connectivity index (χ4n) is 4.84. The van der Waals surface area contributed by atoms with Crippen LogP contribution in [0.4, 0.5) is 5.82 Å². The fourth-order valence-corrected chi connectivity index (χ4v) is 10.1. The molecule has 3 rings (SSSR count). The highest BCUT2D eigenvalue weighted by Crippen LogP contribution is 2.40. The van der Waals surface area contributed by atoms with E-state index in [1.807, 2.05) is 18.3 Å². The second kappa shape index (κ2) is 11.6. The SMILES string of the molecule is CC(C)[Si](C#Cc1ccc2nc(-n3ccnc3)nc(NCCOCCO)c2c1)(C(C)C)C(C)C. The number of fused-ring (bicyclic) bond motifs is 1. The lowest BCUT2D eigenvalue weighted by Gasteiger charge is -2.38. The summed E-state index contributed by atoms with van der Waals surface area (Å²) in [5.74, 6) is 4.81. The smallest absolute Gasteiger partial charge is 0.237 e. The number of nitrogens with one attached hydrogen (secondary N) is 1. The quantitative estimate of drug-likeness (QED) is 0.247. The van der Waals surface area contributed by atoms with Crippen molar-refractivity contribution in [3.8, 4) is 17.4 Å². The Hall–Kier alpha value is -2.73. The van der Waals surface area contributed by atoms with Crippen LogP contribution in [0.1, 0.15) is 47.1 Å². The Morgan fingerprint density at radius 3 is 2.41 bits per heavy atom. The lowest BCUT2D eigenvalue weighted by atomic mass is 10.1. The van der Waals surface area contributed by atoms with Crippen LogP contribution in [0.3, 0.4) is 0 Å². The molecule has 0 unspecified atom stereocenters. The summed E-state index contributed by atoms with van der Waals surface area (Å²) in [4.78, 5) is 13.6. The Bertz CT molecular complexity index is 1110. The van der Waals surface area contributed by atoms with E-state index in [1.54, 1.807) is 17.1 Å². The molecule has 0 atom stereocenters. The third-order valence-corrected chi connectivity index (χ3v) is 12.8. The first-order valence-corrected chi connectivity index (χ1v) is 14.3. The lowest BCUT2D eigenvalue weighted by molar-refractivity contribution is 0.0992. The molecule has 8 heteroatoms. The largest absolute Gasteiger partial charge is 0.394 e. The van der Waals surface area contributed by atoms with Crippen molar-refractivity contribution in [2.75, 3.05) is 31.7 Å². The number of anilines is 1. The van der Waals surface area contributed by atoms with Crippen molar-refractivity contribution in [1.82, 2.24) is 19.5 Å². The van der Waals surface area contributed by atoms with E-state index in [9.17, 15) is 0 Å². The third kappa shape index (κ3) is 5.66. The number of imidazole rings is 1. The van der Waals surface area contributed by atoms with Gasteiger partial charge in [-0.15, -0.1) is 5.54 Å². The van der Waals surface area contributed by atoms with E-state index in [0.29, 0.717) is 42.3 Å². The van der Waals surface area contributed by atoms with Crippen molar-refractivity contribution in [3.05, 3.63) is 42.5 Å². The number of rotatable bonds is 10. The van der Waals surface area contributed by atoms with Crippen molar-refractivity contribution < 1.29 is 9.84 Å². The number of nitrogens with zero attached hydrogens (tertiary/aromatic N) is 4. The van der Waals surface area contributed by atoms with Crippen LogP contribution < -0.4 is 5.32 Å². The van der Waals surface area contributed by atoms with E-state index >= 15 is 0 Å². The molecule has 0 amide bonds. The lowest BCUT2D eigenvalue weighted by Crippen LogP contribution is -2.43. The maximum Gasteiger partial charge on any atom is 0.237 e. The molecule has 3 aromatic rings. The number of ether oxygens (including phenoxy) is 1. The summed E-state index contributed by atoms with van der Waals surface area (Å²) in [5, 5.41) is 13.2. The van der Waals surface area contributed by atoms with Gasteiger partial charge in [0.15, 0.2) is 0 Å². The molecule has 2 heterocycles. The van der Waals surface area contributed by atoms with Crippen molar-refractivity contribution in [1.29, 1.82) is 0 Å². The molecule has 0 radical (unpaired) electrons. The van der Waals surface area contributed by atoms with Gasteiger partial charge in [0, 0.05) is 29.9 Å². The zero-order valence-electron chi connectivity index (χ0n) is 21.2. The van der Waals surface area contributed by atoms with E-state index in [0.717, 1.165) is 22.3 Å². The molecule has 0 aliphatic carbocycles. The average Bonchev–Trinajstić information content (AvgIpc) is 3.33. The molecule has 0 saturated heterocycles. The molecule has 2 aromatic heterocycles. The predicted molar refractivity (Wildman–Crippen MR) is 141 cm³/mol. The number of aliphatic hydroxyl groups is 1. The molecule has 0 bridgehead atoms. The highest BCUT2D eigenvalue weighted by molar-refractivity contribution is 6.90. The maximum atomic E-state index is 8.92. The highest BCUT2D eigenvalue weighted by atomic mass is 28.3. The summed E-state index contributed by atoms with van der Waals surface area (Å²) in [7, 11) is -1.83. The van der Waals surface area contributed by atoms with E-state index in [2.05, 4.69) is 69.4 Å². The monoisotopic (exact) mass is 479 g/mol. The molecule has 0 saturated carbocycles. The Morgan fingerprint density at radius 2 is 1.79 bits per heavy atom. The number of hydrogen-bond donors (Lipinski definition) is 2. The topological polar surface area (TPSA) is 85.1 Å². The van der Waals surface area contributed by atoms with Gasteiger partial charge < -0.3 is 15.2 Å². The van der Waals surface area contributed by atoms with Crippen LogP contribution in [-0.4, -0.2) is 59.1 Å². The van der Waals surface area contributed by atoms with Crippen molar-refractivity contribution in [3.63, 3.8) is 0 Å². The Kier molecular flexibility index (Phi) is 8.83. The summed E-state index contributed by atoms with van der Waals surface area (Å²) in [6, 6.07) is 6.14. The first kappa shape index (κ1) is 25.9. The van der Waals surface area contributed by atoms with Crippen LogP contribution >= 0.6 is 0 Å². The molecule has 2 N–H and O–H groups in total. The van der Waals surface area contributed by atoms with Crippen LogP contribution in [0, 0.1) is 11.5 Å². The third-order valence-electron chi connectivity index (χ3n) is 6.48.